The molecule has 2 atom stereocenters. The molecule has 1 heterocycles. The van der Waals surface area contributed by atoms with Gasteiger partial charge in [-0.3, -0.25) is 14.9 Å². The number of imidazole rings is 1. The average Bonchev–Trinajstić information content (AvgIpc) is 3.19. The number of H-pyrrole nitrogens is 1. The van der Waals surface area contributed by atoms with Crippen molar-refractivity contribution in [1.29, 1.82) is 0 Å². The number of carbonyl (C=O) groups is 2. The van der Waals surface area contributed by atoms with Gasteiger partial charge in [0.1, 0.15) is 12.1 Å². The molecule has 0 saturated carbocycles. The van der Waals surface area contributed by atoms with Crippen LogP contribution >= 0.6 is 0 Å². The number of aromatic nitrogens is 2. The Morgan fingerprint density at radius 2 is 2.04 bits per heavy atom. The number of aromatic amines is 1. The Bertz CT molecular complexity index is 585. The van der Waals surface area contributed by atoms with E-state index >= 15 is 0 Å². The van der Waals surface area contributed by atoms with Gasteiger partial charge >= 0.3 is 11.9 Å². The van der Waals surface area contributed by atoms with Crippen molar-refractivity contribution in [3.05, 3.63) is 54.6 Å². The van der Waals surface area contributed by atoms with Crippen LogP contribution in [0.15, 0.2) is 49.1 Å². The van der Waals surface area contributed by atoms with E-state index in [1.165, 1.54) is 6.92 Å². The van der Waals surface area contributed by atoms with Gasteiger partial charge in [0.15, 0.2) is 0 Å². The quantitative estimate of drug-likeness (QED) is 0.631. The van der Waals surface area contributed by atoms with Crippen molar-refractivity contribution >= 4 is 11.9 Å². The minimum Gasteiger partial charge on any atom is -0.480 e. The second kappa shape index (κ2) is 11.8. The zero-order chi connectivity index (χ0) is 18.5. The highest BCUT2D eigenvalue weighted by Crippen LogP contribution is 2.07. The summed E-state index contributed by atoms with van der Waals surface area (Å²) in [5.41, 5.74) is 1.10. The van der Waals surface area contributed by atoms with Gasteiger partial charge in [-0.2, -0.15) is 0 Å². The van der Waals surface area contributed by atoms with Crippen LogP contribution < -0.4 is 5.32 Å². The lowest BCUT2D eigenvalue weighted by atomic mass is 10.0. The van der Waals surface area contributed by atoms with Crippen LogP contribution in [0.5, 0.6) is 0 Å². The molecular formula is C18H25N3O4. The van der Waals surface area contributed by atoms with Crippen molar-refractivity contribution in [2.75, 3.05) is 6.61 Å². The highest BCUT2D eigenvalue weighted by molar-refractivity contribution is 5.78. The van der Waals surface area contributed by atoms with Gasteiger partial charge in [0.25, 0.3) is 0 Å². The Morgan fingerprint density at radius 3 is 2.52 bits per heavy atom. The summed E-state index contributed by atoms with van der Waals surface area (Å²) in [6.45, 7) is 3.52. The molecule has 0 aliphatic carbocycles. The third-order valence-corrected chi connectivity index (χ3v) is 3.36. The molecule has 2 rings (SSSR count). The number of aliphatic carboxylic acids is 1. The minimum atomic E-state index is -0.987. The van der Waals surface area contributed by atoms with E-state index in [4.69, 9.17) is 9.84 Å². The molecule has 1 unspecified atom stereocenters. The van der Waals surface area contributed by atoms with E-state index in [9.17, 15) is 9.59 Å². The summed E-state index contributed by atoms with van der Waals surface area (Å²) in [5.74, 6) is -1.39. The molecule has 3 N–H and O–H groups in total. The van der Waals surface area contributed by atoms with Gasteiger partial charge in [-0.1, -0.05) is 30.3 Å². The first kappa shape index (κ1) is 20.4. The number of hydrogen-bond acceptors (Lipinski definition) is 5. The van der Waals surface area contributed by atoms with Crippen molar-refractivity contribution in [2.45, 2.75) is 38.8 Å². The van der Waals surface area contributed by atoms with Gasteiger partial charge in [0.2, 0.25) is 0 Å². The van der Waals surface area contributed by atoms with Gasteiger partial charge in [-0.05, 0) is 32.3 Å². The molecule has 0 saturated heterocycles. The number of carbonyl (C=O) groups excluding carboxylic acids is 1. The van der Waals surface area contributed by atoms with Crippen LogP contribution in [0.4, 0.5) is 0 Å². The lowest BCUT2D eigenvalue weighted by Gasteiger charge is -2.19. The number of esters is 1. The maximum absolute atomic E-state index is 11.8. The van der Waals surface area contributed by atoms with Crippen molar-refractivity contribution in [1.82, 2.24) is 15.3 Å². The summed E-state index contributed by atoms with van der Waals surface area (Å²) in [4.78, 5) is 29.1. The van der Waals surface area contributed by atoms with Gasteiger partial charge in [0.05, 0.1) is 12.9 Å². The Kier molecular flexibility index (Phi) is 9.62. The maximum Gasteiger partial charge on any atom is 0.323 e. The Labute approximate surface area is 147 Å². The normalized spacial score (nSPS) is 12.4. The summed E-state index contributed by atoms with van der Waals surface area (Å²) in [7, 11) is 0. The number of benzene rings is 1. The summed E-state index contributed by atoms with van der Waals surface area (Å²) < 4.78 is 4.98. The van der Waals surface area contributed by atoms with Crippen molar-refractivity contribution in [2.24, 2.45) is 0 Å². The van der Waals surface area contributed by atoms with Crippen LogP contribution in [0, 0.1) is 0 Å². The fourth-order valence-electron chi connectivity index (χ4n) is 2.06. The molecule has 1 aromatic heterocycles. The smallest absolute Gasteiger partial charge is 0.323 e. The zero-order valence-corrected chi connectivity index (χ0v) is 14.5. The predicted molar refractivity (Wildman–Crippen MR) is 94.0 cm³/mol. The molecule has 0 amide bonds. The van der Waals surface area contributed by atoms with Crippen molar-refractivity contribution in [3.8, 4) is 0 Å². The van der Waals surface area contributed by atoms with E-state index < -0.39 is 24.0 Å². The molecule has 7 nitrogen and oxygen atoms in total. The van der Waals surface area contributed by atoms with Gasteiger partial charge < -0.3 is 14.8 Å². The summed E-state index contributed by atoms with van der Waals surface area (Å²) >= 11 is 0. The molecule has 0 aliphatic rings. The molecule has 0 fully saturated rings. The standard InChI is InChI=1S/C15H21NO4.C3H4N2/c1-3-20-15(19)13(16-11(2)14(17)18)10-9-12-7-5-4-6-8-12;1-2-5-3-4-1/h4-8,11,13,16H,3,9-10H2,1-2H3,(H,17,18);1-3H,(H,4,5)/t11-,13?;/m0./s1. The van der Waals surface area contributed by atoms with E-state index in [2.05, 4.69) is 15.3 Å². The van der Waals surface area contributed by atoms with Crippen LogP contribution in [-0.4, -0.2) is 45.7 Å². The van der Waals surface area contributed by atoms with E-state index in [1.54, 1.807) is 25.6 Å². The molecule has 0 bridgehead atoms. The second-order valence-corrected chi connectivity index (χ2v) is 5.32. The molecule has 136 valence electrons. The second-order valence-electron chi connectivity index (χ2n) is 5.32. The fraction of sp³-hybridized carbons (Fsp3) is 0.389. The Balaban J connectivity index is 0.000000531. The Morgan fingerprint density at radius 1 is 1.32 bits per heavy atom. The molecular weight excluding hydrogens is 322 g/mol. The average molecular weight is 347 g/mol. The fourth-order valence-corrected chi connectivity index (χ4v) is 2.06. The van der Waals surface area contributed by atoms with Crippen LogP contribution in [0.3, 0.4) is 0 Å². The van der Waals surface area contributed by atoms with Gasteiger partial charge in [0, 0.05) is 12.4 Å². The highest BCUT2D eigenvalue weighted by atomic mass is 16.5. The number of nitrogens with zero attached hydrogens (tertiary/aromatic N) is 1. The van der Waals surface area contributed by atoms with E-state index in [0.29, 0.717) is 12.8 Å². The SMILES string of the molecule is CCOC(=O)C(CCc1ccccc1)N[C@@H](C)C(=O)O.c1c[nH]cn1. The molecule has 2 aromatic rings. The molecule has 25 heavy (non-hydrogen) atoms. The number of carboxylic acid groups (broad SMARTS) is 1. The first-order chi connectivity index (χ1) is 12.0. The van der Waals surface area contributed by atoms with Crippen molar-refractivity contribution < 1.29 is 19.4 Å². The van der Waals surface area contributed by atoms with Crippen LogP contribution in [-0.2, 0) is 20.7 Å². The Hall–Kier alpha value is -2.67. The number of ether oxygens (including phenoxy) is 1. The largest absolute Gasteiger partial charge is 0.480 e. The van der Waals surface area contributed by atoms with Gasteiger partial charge in [-0.25, -0.2) is 4.98 Å². The molecule has 0 spiro atoms. The van der Waals surface area contributed by atoms with Crippen LogP contribution in [0.1, 0.15) is 25.8 Å². The summed E-state index contributed by atoms with van der Waals surface area (Å²) in [6, 6.07) is 8.34. The van der Waals surface area contributed by atoms with E-state index in [-0.39, 0.29) is 6.61 Å². The number of aryl methyl sites for hydroxylation is 1. The first-order valence-corrected chi connectivity index (χ1v) is 8.16. The first-order valence-electron chi connectivity index (χ1n) is 8.16. The van der Waals surface area contributed by atoms with Crippen molar-refractivity contribution in [3.63, 3.8) is 0 Å². The van der Waals surface area contributed by atoms with E-state index in [0.717, 1.165) is 5.56 Å². The molecule has 1 aromatic carbocycles. The van der Waals surface area contributed by atoms with Gasteiger partial charge in [-0.15, -0.1) is 0 Å². The monoisotopic (exact) mass is 347 g/mol. The topological polar surface area (TPSA) is 104 Å². The van der Waals surface area contributed by atoms with Crippen LogP contribution in [0.25, 0.3) is 0 Å². The lowest BCUT2D eigenvalue weighted by Crippen LogP contribution is -2.46. The number of nitrogens with one attached hydrogen (secondary N) is 2. The number of hydrogen-bond donors (Lipinski definition) is 3. The lowest BCUT2D eigenvalue weighted by molar-refractivity contribution is -0.147. The third kappa shape index (κ3) is 8.66. The van der Waals surface area contributed by atoms with Crippen LogP contribution in [0.2, 0.25) is 0 Å². The zero-order valence-electron chi connectivity index (χ0n) is 14.5. The molecule has 7 heteroatoms. The molecule has 0 radical (unpaired) electrons. The minimum absolute atomic E-state index is 0.282. The third-order valence-electron chi connectivity index (χ3n) is 3.36. The predicted octanol–water partition coefficient (Wildman–Crippen LogP) is 2.02. The number of rotatable bonds is 8. The highest BCUT2D eigenvalue weighted by Gasteiger charge is 2.24. The number of carboxylic acids is 1. The van der Waals surface area contributed by atoms with E-state index in [1.807, 2.05) is 30.3 Å². The summed E-state index contributed by atoms with van der Waals surface area (Å²) in [6.07, 6.45) is 6.27. The summed E-state index contributed by atoms with van der Waals surface area (Å²) in [5, 5.41) is 11.7. The maximum atomic E-state index is 11.8. The molecule has 0 aliphatic heterocycles.